The van der Waals surface area contributed by atoms with Gasteiger partial charge in [0.25, 0.3) is 0 Å². The Hall–Kier alpha value is -1.24. The van der Waals surface area contributed by atoms with E-state index in [9.17, 15) is 4.79 Å². The van der Waals surface area contributed by atoms with Crippen molar-refractivity contribution >= 4 is 33.7 Å². The number of anilines is 1. The van der Waals surface area contributed by atoms with Crippen molar-refractivity contribution in [3.8, 4) is 10.6 Å². The average molecular weight is 309 g/mol. The molecule has 4 nitrogen and oxygen atoms in total. The van der Waals surface area contributed by atoms with Crippen LogP contribution in [-0.2, 0) is 4.79 Å². The standard InChI is InChI=1S/C14H19N3OS2/c1-8-5-6-10(20-8)9-7-19-13(16-9)17-12(18)11(15)14(2,3)4/h5-7,11H,15H2,1-4H3,(H,16,17,18)/t11-/m1/s1. The Morgan fingerprint density at radius 2 is 2.10 bits per heavy atom. The lowest BCUT2D eigenvalue weighted by molar-refractivity contribution is -0.119. The Bertz CT molecular complexity index is 610. The third-order valence-electron chi connectivity index (χ3n) is 2.94. The van der Waals surface area contributed by atoms with Crippen LogP contribution < -0.4 is 11.1 Å². The molecule has 1 atom stereocenters. The number of nitrogens with one attached hydrogen (secondary N) is 1. The molecule has 0 unspecified atom stereocenters. The van der Waals surface area contributed by atoms with Gasteiger partial charge in [-0.1, -0.05) is 20.8 Å². The number of hydrogen-bond donors (Lipinski definition) is 2. The van der Waals surface area contributed by atoms with Crippen molar-refractivity contribution in [2.75, 3.05) is 5.32 Å². The van der Waals surface area contributed by atoms with Gasteiger partial charge in [0.15, 0.2) is 5.13 Å². The molecular formula is C14H19N3OS2. The normalized spacial score (nSPS) is 13.2. The van der Waals surface area contributed by atoms with Crippen LogP contribution in [0.25, 0.3) is 10.6 Å². The molecule has 0 aliphatic rings. The smallest absolute Gasteiger partial charge is 0.243 e. The monoisotopic (exact) mass is 309 g/mol. The molecule has 6 heteroatoms. The summed E-state index contributed by atoms with van der Waals surface area (Å²) < 4.78 is 0. The fraction of sp³-hybridized carbons (Fsp3) is 0.429. The van der Waals surface area contributed by atoms with Gasteiger partial charge in [-0.05, 0) is 24.5 Å². The minimum atomic E-state index is -0.557. The van der Waals surface area contributed by atoms with Gasteiger partial charge >= 0.3 is 0 Å². The summed E-state index contributed by atoms with van der Waals surface area (Å²) in [5.41, 5.74) is 6.56. The molecule has 2 heterocycles. The second-order valence-corrected chi connectivity index (χ2v) is 7.93. The molecular weight excluding hydrogens is 290 g/mol. The van der Waals surface area contributed by atoms with Crippen LogP contribution in [0.5, 0.6) is 0 Å². The first-order chi connectivity index (χ1) is 9.27. The molecule has 0 saturated carbocycles. The molecule has 3 N–H and O–H groups in total. The summed E-state index contributed by atoms with van der Waals surface area (Å²) in [5.74, 6) is -0.194. The first-order valence-corrected chi connectivity index (χ1v) is 8.06. The summed E-state index contributed by atoms with van der Waals surface area (Å²) in [5, 5.41) is 5.33. The summed E-state index contributed by atoms with van der Waals surface area (Å²) in [6, 6.07) is 3.55. The van der Waals surface area contributed by atoms with E-state index >= 15 is 0 Å². The van der Waals surface area contributed by atoms with Gasteiger partial charge in [-0.3, -0.25) is 4.79 Å². The fourth-order valence-electron chi connectivity index (χ4n) is 1.59. The van der Waals surface area contributed by atoms with E-state index in [0.717, 1.165) is 10.6 Å². The number of aromatic nitrogens is 1. The third kappa shape index (κ3) is 3.45. The van der Waals surface area contributed by atoms with Gasteiger partial charge in [-0.2, -0.15) is 0 Å². The molecule has 0 bridgehead atoms. The predicted octanol–water partition coefficient (Wildman–Crippen LogP) is 3.49. The zero-order valence-electron chi connectivity index (χ0n) is 12.1. The van der Waals surface area contributed by atoms with Crippen molar-refractivity contribution in [1.82, 2.24) is 4.98 Å². The number of aryl methyl sites for hydroxylation is 1. The molecule has 20 heavy (non-hydrogen) atoms. The molecule has 0 radical (unpaired) electrons. The second kappa shape index (κ2) is 5.63. The molecule has 0 aromatic carbocycles. The number of amides is 1. The SMILES string of the molecule is Cc1ccc(-c2csc(NC(=O)[C@@H](N)C(C)(C)C)n2)s1. The van der Waals surface area contributed by atoms with Crippen LogP contribution in [0.4, 0.5) is 5.13 Å². The first kappa shape index (κ1) is 15.2. The Morgan fingerprint density at radius 3 is 2.65 bits per heavy atom. The zero-order chi connectivity index (χ0) is 14.9. The van der Waals surface area contributed by atoms with E-state index in [0.29, 0.717) is 5.13 Å². The van der Waals surface area contributed by atoms with Crippen LogP contribution in [0.3, 0.4) is 0 Å². The molecule has 2 rings (SSSR count). The van der Waals surface area contributed by atoms with Crippen molar-refractivity contribution in [3.63, 3.8) is 0 Å². The number of thiazole rings is 1. The lowest BCUT2D eigenvalue weighted by atomic mass is 9.87. The fourth-order valence-corrected chi connectivity index (χ4v) is 3.21. The Balaban J connectivity index is 2.09. The van der Waals surface area contributed by atoms with Crippen LogP contribution >= 0.6 is 22.7 Å². The van der Waals surface area contributed by atoms with E-state index in [1.807, 2.05) is 32.2 Å². The predicted molar refractivity (Wildman–Crippen MR) is 86.2 cm³/mol. The largest absolute Gasteiger partial charge is 0.319 e. The van der Waals surface area contributed by atoms with Gasteiger partial charge in [0, 0.05) is 10.3 Å². The van der Waals surface area contributed by atoms with Gasteiger partial charge in [0.05, 0.1) is 16.6 Å². The van der Waals surface area contributed by atoms with E-state index in [1.165, 1.54) is 16.2 Å². The van der Waals surface area contributed by atoms with Crippen molar-refractivity contribution < 1.29 is 4.79 Å². The summed E-state index contributed by atoms with van der Waals surface area (Å²) in [6.45, 7) is 7.89. The van der Waals surface area contributed by atoms with E-state index in [-0.39, 0.29) is 11.3 Å². The summed E-state index contributed by atoms with van der Waals surface area (Å²) >= 11 is 3.11. The molecule has 0 aliphatic heterocycles. The highest BCUT2D eigenvalue weighted by atomic mass is 32.1. The minimum absolute atomic E-state index is 0.194. The number of nitrogens with zero attached hydrogens (tertiary/aromatic N) is 1. The van der Waals surface area contributed by atoms with Gasteiger partial charge < -0.3 is 11.1 Å². The number of rotatable bonds is 3. The molecule has 2 aromatic rings. The Morgan fingerprint density at radius 1 is 1.40 bits per heavy atom. The van der Waals surface area contributed by atoms with Crippen molar-refractivity contribution in [2.24, 2.45) is 11.1 Å². The maximum absolute atomic E-state index is 12.0. The topological polar surface area (TPSA) is 68.0 Å². The molecule has 0 fully saturated rings. The van der Waals surface area contributed by atoms with Gasteiger partial charge in [-0.25, -0.2) is 4.98 Å². The summed E-state index contributed by atoms with van der Waals surface area (Å²) in [6.07, 6.45) is 0. The summed E-state index contributed by atoms with van der Waals surface area (Å²) in [7, 11) is 0. The lowest BCUT2D eigenvalue weighted by Gasteiger charge is -2.25. The van der Waals surface area contributed by atoms with E-state index in [4.69, 9.17) is 5.73 Å². The maximum Gasteiger partial charge on any atom is 0.243 e. The van der Waals surface area contributed by atoms with Crippen LogP contribution in [0.1, 0.15) is 25.6 Å². The number of nitrogens with two attached hydrogens (primary N) is 1. The zero-order valence-corrected chi connectivity index (χ0v) is 13.7. The minimum Gasteiger partial charge on any atom is -0.319 e. The molecule has 2 aromatic heterocycles. The molecule has 0 saturated heterocycles. The first-order valence-electron chi connectivity index (χ1n) is 6.36. The van der Waals surface area contributed by atoms with Crippen LogP contribution in [0.2, 0.25) is 0 Å². The van der Waals surface area contributed by atoms with Crippen LogP contribution in [0.15, 0.2) is 17.5 Å². The molecule has 0 aliphatic carbocycles. The van der Waals surface area contributed by atoms with E-state index in [2.05, 4.69) is 23.3 Å². The molecule has 1 amide bonds. The van der Waals surface area contributed by atoms with Gasteiger partial charge in [0.1, 0.15) is 0 Å². The lowest BCUT2D eigenvalue weighted by Crippen LogP contribution is -2.45. The Labute approximate surface area is 127 Å². The Kier molecular flexibility index (Phi) is 4.27. The highest BCUT2D eigenvalue weighted by Crippen LogP contribution is 2.30. The maximum atomic E-state index is 12.0. The van der Waals surface area contributed by atoms with Crippen molar-refractivity contribution in [3.05, 3.63) is 22.4 Å². The average Bonchev–Trinajstić information content (AvgIpc) is 2.95. The summed E-state index contributed by atoms with van der Waals surface area (Å²) in [4.78, 5) is 18.8. The quantitative estimate of drug-likeness (QED) is 0.912. The number of thiophene rings is 1. The number of carbonyl (C=O) groups is 1. The van der Waals surface area contributed by atoms with Crippen LogP contribution in [0, 0.1) is 12.3 Å². The van der Waals surface area contributed by atoms with E-state index in [1.54, 1.807) is 11.3 Å². The highest BCUT2D eigenvalue weighted by Gasteiger charge is 2.28. The third-order valence-corrected chi connectivity index (χ3v) is 4.72. The molecule has 108 valence electrons. The highest BCUT2D eigenvalue weighted by molar-refractivity contribution is 7.17. The van der Waals surface area contributed by atoms with Crippen LogP contribution in [-0.4, -0.2) is 16.9 Å². The number of hydrogen-bond acceptors (Lipinski definition) is 5. The van der Waals surface area contributed by atoms with Gasteiger partial charge in [0.2, 0.25) is 5.91 Å². The van der Waals surface area contributed by atoms with Gasteiger partial charge in [-0.15, -0.1) is 22.7 Å². The number of carbonyl (C=O) groups excluding carboxylic acids is 1. The van der Waals surface area contributed by atoms with Crippen molar-refractivity contribution in [1.29, 1.82) is 0 Å². The van der Waals surface area contributed by atoms with E-state index < -0.39 is 6.04 Å². The van der Waals surface area contributed by atoms with Crippen molar-refractivity contribution in [2.45, 2.75) is 33.7 Å². The molecule has 0 spiro atoms. The second-order valence-electron chi connectivity index (χ2n) is 5.78.